The molecule has 2 fully saturated rings. The van der Waals surface area contributed by atoms with Crippen molar-refractivity contribution in [3.63, 3.8) is 0 Å². The molecular weight excluding hydrogens is 468 g/mol. The lowest BCUT2D eigenvalue weighted by Gasteiger charge is -2.28. The first-order valence-electron chi connectivity index (χ1n) is 9.91. The van der Waals surface area contributed by atoms with Crippen LogP contribution in [-0.4, -0.2) is 50.2 Å². The summed E-state index contributed by atoms with van der Waals surface area (Å²) in [6.45, 7) is 0. The van der Waals surface area contributed by atoms with E-state index >= 15 is 0 Å². The van der Waals surface area contributed by atoms with E-state index in [0.717, 1.165) is 32.1 Å². The molecular formula is C18H25ClN4O6S2. The molecule has 13 heteroatoms. The fourth-order valence-electron chi connectivity index (χ4n) is 3.98. The van der Waals surface area contributed by atoms with Gasteiger partial charge in [-0.25, -0.2) is 13.6 Å². The highest BCUT2D eigenvalue weighted by Crippen LogP contribution is 2.27. The van der Waals surface area contributed by atoms with E-state index in [1.165, 1.54) is 0 Å². The molecule has 2 amide bonds. The van der Waals surface area contributed by atoms with E-state index in [1.54, 1.807) is 24.3 Å². The molecule has 1 unspecified atom stereocenters. The predicted molar refractivity (Wildman–Crippen MR) is 114 cm³/mol. The summed E-state index contributed by atoms with van der Waals surface area (Å²) in [5, 5.41) is 10.7. The van der Waals surface area contributed by atoms with Crippen molar-refractivity contribution in [1.82, 2.24) is 14.3 Å². The minimum atomic E-state index is -4.70. The number of hydrogen-bond acceptors (Lipinski definition) is 6. The van der Waals surface area contributed by atoms with Gasteiger partial charge >= 0.3 is 0 Å². The minimum Gasteiger partial charge on any atom is -0.351 e. The zero-order valence-electron chi connectivity index (χ0n) is 16.7. The van der Waals surface area contributed by atoms with Gasteiger partial charge in [0.25, 0.3) is 10.2 Å². The van der Waals surface area contributed by atoms with E-state index in [1.807, 2.05) is 0 Å². The van der Waals surface area contributed by atoms with Crippen LogP contribution in [0, 0.1) is 0 Å². The number of halogens is 1. The molecule has 1 saturated carbocycles. The second-order valence-electron chi connectivity index (χ2n) is 7.70. The monoisotopic (exact) mass is 492 g/mol. The number of hydrogen-bond donors (Lipinski definition) is 3. The minimum absolute atomic E-state index is 0.0119. The van der Waals surface area contributed by atoms with Crippen molar-refractivity contribution in [2.45, 2.75) is 56.7 Å². The van der Waals surface area contributed by atoms with Crippen LogP contribution >= 0.6 is 11.6 Å². The number of carbonyl (C=O) groups excluding carboxylic acids is 2. The van der Waals surface area contributed by atoms with Gasteiger partial charge in [0.05, 0.1) is 5.75 Å². The van der Waals surface area contributed by atoms with Gasteiger partial charge in [-0.15, -0.1) is 0 Å². The first kappa shape index (κ1) is 23.9. The highest BCUT2D eigenvalue weighted by atomic mass is 35.5. The fourth-order valence-corrected chi connectivity index (χ4v) is 7.56. The largest absolute Gasteiger partial charge is 0.351 e. The van der Waals surface area contributed by atoms with Crippen molar-refractivity contribution in [3.05, 3.63) is 34.9 Å². The van der Waals surface area contributed by atoms with E-state index in [9.17, 15) is 26.4 Å². The van der Waals surface area contributed by atoms with Crippen molar-refractivity contribution < 1.29 is 26.4 Å². The van der Waals surface area contributed by atoms with Gasteiger partial charge in [-0.05, 0) is 25.3 Å². The van der Waals surface area contributed by atoms with Crippen molar-refractivity contribution in [3.8, 4) is 0 Å². The number of nitrogens with one attached hydrogen (secondary N) is 2. The van der Waals surface area contributed by atoms with E-state index in [0.29, 0.717) is 5.56 Å². The Bertz CT molecular complexity index is 1060. The van der Waals surface area contributed by atoms with Crippen LogP contribution in [-0.2, 0) is 29.8 Å². The molecule has 4 N–H and O–H groups in total. The van der Waals surface area contributed by atoms with Gasteiger partial charge in [-0.2, -0.15) is 8.42 Å². The predicted octanol–water partition coefficient (Wildman–Crippen LogP) is 0.554. The molecule has 10 nitrogen and oxygen atoms in total. The van der Waals surface area contributed by atoms with E-state index < -0.39 is 49.9 Å². The molecule has 3 rings (SSSR count). The van der Waals surface area contributed by atoms with Crippen LogP contribution in [0.2, 0.25) is 5.02 Å². The van der Waals surface area contributed by atoms with Crippen molar-refractivity contribution in [2.75, 3.05) is 5.75 Å². The standard InChI is InChI=1S/C18H25ClN4O6S2/c19-14-9-5-4-8-13(14)16(18(25)21-12-6-2-1-3-7-12)22-17(24)15-10-11-30(26,27)23(15)31(20,28)29/h4-5,8-9,12,15-16H,1-3,6-7,10-11H2,(H,21,25)(H,22,24)(H2,20,28,29)/t15-,16?/m0/s1. The molecule has 2 aliphatic rings. The zero-order chi connectivity index (χ0) is 22.8. The second-order valence-corrected chi connectivity index (χ2v) is 11.7. The molecule has 1 heterocycles. The number of nitrogens with zero attached hydrogens (tertiary/aromatic N) is 1. The van der Waals surface area contributed by atoms with E-state index in [2.05, 4.69) is 10.6 Å². The maximum atomic E-state index is 13.1. The average Bonchev–Trinajstić information content (AvgIpc) is 3.03. The third-order valence-corrected chi connectivity index (χ3v) is 9.41. The number of rotatable bonds is 6. The molecule has 1 aliphatic heterocycles. The highest BCUT2D eigenvalue weighted by Gasteiger charge is 2.48. The van der Waals surface area contributed by atoms with Gasteiger partial charge in [0.2, 0.25) is 21.8 Å². The Kier molecular flexibility index (Phi) is 7.26. The topological polar surface area (TPSA) is 156 Å². The van der Waals surface area contributed by atoms with Gasteiger partial charge in [-0.3, -0.25) is 9.59 Å². The molecule has 172 valence electrons. The Morgan fingerprint density at radius 2 is 1.77 bits per heavy atom. The van der Waals surface area contributed by atoms with Gasteiger partial charge in [0, 0.05) is 16.6 Å². The second kappa shape index (κ2) is 9.41. The lowest BCUT2D eigenvalue weighted by atomic mass is 9.95. The third kappa shape index (κ3) is 5.55. The van der Waals surface area contributed by atoms with Gasteiger partial charge < -0.3 is 10.6 Å². The fraction of sp³-hybridized carbons (Fsp3) is 0.556. The number of carbonyl (C=O) groups is 2. The SMILES string of the molecule is NS(=O)(=O)N1[C@H](C(=O)NC(C(=O)NC2CCCCC2)c2ccccc2Cl)CCS1(=O)=O. The first-order valence-corrected chi connectivity index (χ1v) is 13.4. The summed E-state index contributed by atoms with van der Waals surface area (Å²) in [5.74, 6) is -2.00. The third-order valence-electron chi connectivity index (χ3n) is 5.45. The van der Waals surface area contributed by atoms with Crippen LogP contribution in [0.25, 0.3) is 0 Å². The van der Waals surface area contributed by atoms with Gasteiger partial charge in [-0.1, -0.05) is 52.8 Å². The van der Waals surface area contributed by atoms with Crippen LogP contribution in [0.1, 0.15) is 50.1 Å². The summed E-state index contributed by atoms with van der Waals surface area (Å²) in [6.07, 6.45) is 4.42. The summed E-state index contributed by atoms with van der Waals surface area (Å²) in [6, 6.07) is 3.58. The summed E-state index contributed by atoms with van der Waals surface area (Å²) in [7, 11) is -8.96. The van der Waals surface area contributed by atoms with Crippen molar-refractivity contribution in [2.24, 2.45) is 5.14 Å². The Morgan fingerprint density at radius 1 is 1.13 bits per heavy atom. The Balaban J connectivity index is 1.87. The smallest absolute Gasteiger partial charge is 0.290 e. The summed E-state index contributed by atoms with van der Waals surface area (Å²) < 4.78 is 47.9. The lowest BCUT2D eigenvalue weighted by molar-refractivity contribution is -0.131. The first-order chi connectivity index (χ1) is 14.5. The molecule has 1 aromatic carbocycles. The Morgan fingerprint density at radius 3 is 2.39 bits per heavy atom. The quantitative estimate of drug-likeness (QED) is 0.526. The maximum Gasteiger partial charge on any atom is 0.290 e. The lowest BCUT2D eigenvalue weighted by Crippen LogP contribution is -2.52. The summed E-state index contributed by atoms with van der Waals surface area (Å²) in [5.41, 5.74) is 0.314. The zero-order valence-corrected chi connectivity index (χ0v) is 19.0. The molecule has 1 saturated heterocycles. The molecule has 1 aromatic rings. The average molecular weight is 493 g/mol. The molecule has 0 spiro atoms. The Labute approximate surface area is 186 Å². The van der Waals surface area contributed by atoms with Crippen molar-refractivity contribution >= 4 is 43.6 Å². The number of sulfonamides is 1. The summed E-state index contributed by atoms with van der Waals surface area (Å²) >= 11 is 6.24. The number of amides is 2. The van der Waals surface area contributed by atoms with Crippen LogP contribution in [0.4, 0.5) is 0 Å². The number of benzene rings is 1. The highest BCUT2D eigenvalue weighted by molar-refractivity contribution is 8.03. The van der Waals surface area contributed by atoms with Gasteiger partial charge in [0.15, 0.2) is 0 Å². The molecule has 1 aliphatic carbocycles. The molecule has 31 heavy (non-hydrogen) atoms. The van der Waals surface area contributed by atoms with Gasteiger partial charge in [0.1, 0.15) is 12.1 Å². The van der Waals surface area contributed by atoms with Crippen LogP contribution in [0.5, 0.6) is 0 Å². The van der Waals surface area contributed by atoms with E-state index in [-0.39, 0.29) is 21.2 Å². The van der Waals surface area contributed by atoms with Crippen LogP contribution < -0.4 is 15.8 Å². The molecule has 0 bridgehead atoms. The molecule has 0 aromatic heterocycles. The molecule has 0 radical (unpaired) electrons. The van der Waals surface area contributed by atoms with Crippen molar-refractivity contribution in [1.29, 1.82) is 0 Å². The van der Waals surface area contributed by atoms with Crippen LogP contribution in [0.15, 0.2) is 24.3 Å². The molecule has 2 atom stereocenters. The normalized spacial score (nSPS) is 23.2. The number of nitrogens with two attached hydrogens (primary N) is 1. The Hall–Kier alpha value is -1.73. The summed E-state index contributed by atoms with van der Waals surface area (Å²) in [4.78, 5) is 26.0. The maximum absolute atomic E-state index is 13.1. The van der Waals surface area contributed by atoms with E-state index in [4.69, 9.17) is 16.7 Å². The van der Waals surface area contributed by atoms with Crippen LogP contribution in [0.3, 0.4) is 0 Å².